The average Bonchev–Trinajstić information content (AvgIpc) is 2.39. The van der Waals surface area contributed by atoms with Crippen LogP contribution in [0.2, 0.25) is 0 Å². The topological polar surface area (TPSA) is 36.3 Å². The van der Waals surface area contributed by atoms with Gasteiger partial charge in [-0.1, -0.05) is 19.3 Å². The monoisotopic (exact) mass is 250 g/mol. The van der Waals surface area contributed by atoms with Crippen molar-refractivity contribution in [3.63, 3.8) is 0 Å². The normalized spacial score (nSPS) is 29.1. The number of hydrogen-bond acceptors (Lipinski definition) is 3. The molecule has 1 saturated carbocycles. The Labute approximate surface area is 111 Å². The third-order valence-electron chi connectivity index (χ3n) is 4.64. The van der Waals surface area contributed by atoms with Crippen LogP contribution in [-0.2, 0) is 4.74 Å². The highest BCUT2D eigenvalue weighted by molar-refractivity contribution is 4.93. The van der Waals surface area contributed by atoms with Crippen LogP contribution in [0.1, 0.15) is 51.9 Å². The standard InChI is InChI=1S/C15H26N2O/c1-13(11-16)12-17(2)14-6-9-18-15(10-14)7-4-3-5-8-15/h13-14H,3-10,12H2,1-2H3. The molecule has 18 heavy (non-hydrogen) atoms. The number of hydrogen-bond donors (Lipinski definition) is 0. The van der Waals surface area contributed by atoms with Gasteiger partial charge in [0.05, 0.1) is 17.6 Å². The number of nitriles is 1. The number of nitrogens with zero attached hydrogens (tertiary/aromatic N) is 2. The van der Waals surface area contributed by atoms with Gasteiger partial charge in [-0.2, -0.15) is 5.26 Å². The summed E-state index contributed by atoms with van der Waals surface area (Å²) in [5, 5.41) is 8.92. The molecule has 2 aliphatic rings. The van der Waals surface area contributed by atoms with E-state index < -0.39 is 0 Å². The lowest BCUT2D eigenvalue weighted by Crippen LogP contribution is -2.49. The highest BCUT2D eigenvalue weighted by Crippen LogP contribution is 2.39. The minimum Gasteiger partial charge on any atom is -0.375 e. The molecule has 1 aliphatic carbocycles. The third kappa shape index (κ3) is 3.24. The lowest BCUT2D eigenvalue weighted by Gasteiger charge is -2.46. The van der Waals surface area contributed by atoms with Crippen LogP contribution in [-0.4, -0.2) is 36.7 Å². The average molecular weight is 250 g/mol. The zero-order chi connectivity index (χ0) is 13.0. The Morgan fingerprint density at radius 1 is 1.39 bits per heavy atom. The van der Waals surface area contributed by atoms with E-state index in [-0.39, 0.29) is 11.5 Å². The molecule has 1 heterocycles. The van der Waals surface area contributed by atoms with E-state index in [4.69, 9.17) is 10.00 Å². The van der Waals surface area contributed by atoms with Gasteiger partial charge in [-0.3, -0.25) is 0 Å². The molecule has 0 aromatic heterocycles. The first-order valence-corrected chi connectivity index (χ1v) is 7.39. The summed E-state index contributed by atoms with van der Waals surface area (Å²) in [6.07, 6.45) is 8.79. The van der Waals surface area contributed by atoms with E-state index in [1.165, 1.54) is 38.5 Å². The molecule has 3 nitrogen and oxygen atoms in total. The Morgan fingerprint density at radius 2 is 2.11 bits per heavy atom. The van der Waals surface area contributed by atoms with Gasteiger partial charge in [0.2, 0.25) is 0 Å². The zero-order valence-electron chi connectivity index (χ0n) is 11.8. The molecule has 2 fully saturated rings. The smallest absolute Gasteiger partial charge is 0.0697 e. The van der Waals surface area contributed by atoms with Crippen LogP contribution in [0.4, 0.5) is 0 Å². The maximum atomic E-state index is 8.92. The molecular weight excluding hydrogens is 224 g/mol. The van der Waals surface area contributed by atoms with Crippen molar-refractivity contribution in [3.8, 4) is 6.07 Å². The van der Waals surface area contributed by atoms with Crippen molar-refractivity contribution in [1.82, 2.24) is 4.90 Å². The molecule has 0 radical (unpaired) electrons. The Kier molecular flexibility index (Phi) is 4.64. The van der Waals surface area contributed by atoms with Gasteiger partial charge in [0, 0.05) is 19.2 Å². The number of ether oxygens (including phenoxy) is 1. The van der Waals surface area contributed by atoms with Crippen LogP contribution < -0.4 is 0 Å². The fourth-order valence-electron chi connectivity index (χ4n) is 3.54. The molecule has 0 N–H and O–H groups in total. The first kappa shape index (κ1) is 13.8. The second-order valence-corrected chi connectivity index (χ2v) is 6.21. The molecule has 1 saturated heterocycles. The first-order valence-electron chi connectivity index (χ1n) is 7.39. The molecule has 0 aromatic carbocycles. The van der Waals surface area contributed by atoms with E-state index in [0.717, 1.165) is 19.6 Å². The number of rotatable bonds is 3. The quantitative estimate of drug-likeness (QED) is 0.772. The van der Waals surface area contributed by atoms with Crippen molar-refractivity contribution < 1.29 is 4.74 Å². The summed E-state index contributed by atoms with van der Waals surface area (Å²) in [7, 11) is 2.17. The SMILES string of the molecule is CC(C#N)CN(C)C1CCOC2(CCCCC2)C1. The summed E-state index contributed by atoms with van der Waals surface area (Å²) in [6.45, 7) is 3.79. The molecular formula is C15H26N2O. The molecule has 0 bridgehead atoms. The van der Waals surface area contributed by atoms with E-state index in [2.05, 4.69) is 18.0 Å². The summed E-state index contributed by atoms with van der Waals surface area (Å²) in [5.74, 6) is 0.125. The van der Waals surface area contributed by atoms with Crippen molar-refractivity contribution in [3.05, 3.63) is 0 Å². The highest BCUT2D eigenvalue weighted by atomic mass is 16.5. The highest BCUT2D eigenvalue weighted by Gasteiger charge is 2.39. The van der Waals surface area contributed by atoms with Gasteiger partial charge in [-0.25, -0.2) is 0 Å². The molecule has 2 rings (SSSR count). The molecule has 0 aromatic rings. The van der Waals surface area contributed by atoms with E-state index in [1.807, 2.05) is 6.92 Å². The third-order valence-corrected chi connectivity index (χ3v) is 4.64. The zero-order valence-corrected chi connectivity index (χ0v) is 11.8. The summed E-state index contributed by atoms with van der Waals surface area (Å²) < 4.78 is 6.13. The Hall–Kier alpha value is -0.590. The minimum absolute atomic E-state index is 0.125. The Balaban J connectivity index is 1.91. The van der Waals surface area contributed by atoms with Gasteiger partial charge in [-0.15, -0.1) is 0 Å². The second-order valence-electron chi connectivity index (χ2n) is 6.21. The lowest BCUT2D eigenvalue weighted by molar-refractivity contribution is -0.122. The minimum atomic E-state index is 0.125. The van der Waals surface area contributed by atoms with Gasteiger partial charge in [-0.05, 0) is 39.7 Å². The van der Waals surface area contributed by atoms with E-state index in [9.17, 15) is 0 Å². The fourth-order valence-corrected chi connectivity index (χ4v) is 3.54. The van der Waals surface area contributed by atoms with E-state index in [0.29, 0.717) is 6.04 Å². The molecule has 2 atom stereocenters. The lowest BCUT2D eigenvalue weighted by atomic mass is 9.78. The van der Waals surface area contributed by atoms with Crippen LogP contribution in [0.3, 0.4) is 0 Å². The molecule has 1 aliphatic heterocycles. The van der Waals surface area contributed by atoms with E-state index >= 15 is 0 Å². The van der Waals surface area contributed by atoms with Gasteiger partial charge < -0.3 is 9.64 Å². The predicted octanol–water partition coefficient (Wildman–Crippen LogP) is 2.96. The van der Waals surface area contributed by atoms with Crippen molar-refractivity contribution in [2.45, 2.75) is 63.5 Å². The molecule has 102 valence electrons. The van der Waals surface area contributed by atoms with Gasteiger partial charge in [0.15, 0.2) is 0 Å². The molecule has 1 spiro atoms. The maximum Gasteiger partial charge on any atom is 0.0697 e. The van der Waals surface area contributed by atoms with Gasteiger partial charge >= 0.3 is 0 Å². The second kappa shape index (κ2) is 6.04. The van der Waals surface area contributed by atoms with Crippen LogP contribution in [0, 0.1) is 17.2 Å². The van der Waals surface area contributed by atoms with E-state index in [1.54, 1.807) is 0 Å². The first-order chi connectivity index (χ1) is 8.65. The van der Waals surface area contributed by atoms with Crippen LogP contribution in [0.25, 0.3) is 0 Å². The van der Waals surface area contributed by atoms with Crippen LogP contribution in [0.15, 0.2) is 0 Å². The van der Waals surface area contributed by atoms with Crippen LogP contribution in [0.5, 0.6) is 0 Å². The molecule has 0 amide bonds. The molecule has 2 unspecified atom stereocenters. The maximum absolute atomic E-state index is 8.92. The largest absolute Gasteiger partial charge is 0.375 e. The molecule has 3 heteroatoms. The summed E-state index contributed by atoms with van der Waals surface area (Å²) in [6, 6.07) is 2.94. The summed E-state index contributed by atoms with van der Waals surface area (Å²) in [5.41, 5.74) is 0.172. The van der Waals surface area contributed by atoms with Crippen molar-refractivity contribution in [2.24, 2.45) is 5.92 Å². The van der Waals surface area contributed by atoms with Gasteiger partial charge in [0.1, 0.15) is 0 Å². The predicted molar refractivity (Wildman–Crippen MR) is 72.2 cm³/mol. The summed E-state index contributed by atoms with van der Waals surface area (Å²) >= 11 is 0. The van der Waals surface area contributed by atoms with Crippen LogP contribution >= 0.6 is 0 Å². The summed E-state index contributed by atoms with van der Waals surface area (Å²) in [4.78, 5) is 2.38. The Morgan fingerprint density at radius 3 is 2.78 bits per heavy atom. The van der Waals surface area contributed by atoms with Crippen molar-refractivity contribution >= 4 is 0 Å². The fraction of sp³-hybridized carbons (Fsp3) is 0.933. The Bertz CT molecular complexity index is 299. The van der Waals surface area contributed by atoms with Crippen molar-refractivity contribution in [1.29, 1.82) is 5.26 Å². The van der Waals surface area contributed by atoms with Crippen molar-refractivity contribution in [2.75, 3.05) is 20.2 Å². The van der Waals surface area contributed by atoms with Gasteiger partial charge in [0.25, 0.3) is 0 Å².